The molecule has 0 aromatic heterocycles. The van der Waals surface area contributed by atoms with Crippen molar-refractivity contribution in [3.05, 3.63) is 84.4 Å². The number of carbonyl (C=O) groups is 2. The first-order valence-corrected chi connectivity index (χ1v) is 10.1. The van der Waals surface area contributed by atoms with Crippen molar-refractivity contribution in [1.82, 2.24) is 0 Å². The first-order chi connectivity index (χ1) is 15.0. The Balaban J connectivity index is 1.67. The number of hydrogen-bond acceptors (Lipinski definition) is 4. The van der Waals surface area contributed by atoms with E-state index in [1.807, 2.05) is 37.3 Å². The van der Waals surface area contributed by atoms with Gasteiger partial charge in [0.05, 0.1) is 7.11 Å². The molecule has 0 radical (unpaired) electrons. The third kappa shape index (κ3) is 5.63. The van der Waals surface area contributed by atoms with E-state index in [9.17, 15) is 9.59 Å². The Hall–Kier alpha value is -3.80. The van der Waals surface area contributed by atoms with Crippen LogP contribution < -0.4 is 19.7 Å². The predicted molar refractivity (Wildman–Crippen MR) is 122 cm³/mol. The number of carbonyl (C=O) groups excluding carboxylic acids is 2. The van der Waals surface area contributed by atoms with Gasteiger partial charge in [0.15, 0.2) is 6.10 Å². The van der Waals surface area contributed by atoms with E-state index in [1.165, 1.54) is 0 Å². The monoisotopic (exact) mass is 418 g/mol. The van der Waals surface area contributed by atoms with Crippen LogP contribution in [0.1, 0.15) is 24.2 Å². The molecular weight excluding hydrogens is 392 g/mol. The van der Waals surface area contributed by atoms with Crippen molar-refractivity contribution < 1.29 is 19.1 Å². The second-order valence-corrected chi connectivity index (χ2v) is 6.89. The Morgan fingerprint density at radius 3 is 2.26 bits per heavy atom. The number of methoxy groups -OCH3 is 1. The highest BCUT2D eigenvalue weighted by atomic mass is 16.5. The summed E-state index contributed by atoms with van der Waals surface area (Å²) < 4.78 is 10.8. The lowest BCUT2D eigenvalue weighted by atomic mass is 10.1. The molecule has 6 heteroatoms. The second-order valence-electron chi connectivity index (χ2n) is 6.89. The van der Waals surface area contributed by atoms with Crippen molar-refractivity contribution in [2.45, 2.75) is 20.0 Å². The van der Waals surface area contributed by atoms with Gasteiger partial charge < -0.3 is 19.7 Å². The number of nitrogens with one attached hydrogen (secondary N) is 1. The summed E-state index contributed by atoms with van der Waals surface area (Å²) in [6, 6.07) is 23.4. The summed E-state index contributed by atoms with van der Waals surface area (Å²) in [5, 5.41) is 2.82. The average Bonchev–Trinajstić information content (AvgIpc) is 2.81. The molecule has 3 aromatic rings. The van der Waals surface area contributed by atoms with Gasteiger partial charge in [-0.05, 0) is 68.4 Å². The SMILES string of the molecule is CCN(C(=O)c1cccc(NC(=O)C(C)Oc2ccc(OC)cc2)c1)c1ccccc1. The first kappa shape index (κ1) is 21.9. The van der Waals surface area contributed by atoms with Gasteiger partial charge >= 0.3 is 0 Å². The number of anilines is 2. The maximum absolute atomic E-state index is 13.0. The van der Waals surface area contributed by atoms with E-state index >= 15 is 0 Å². The van der Waals surface area contributed by atoms with Gasteiger partial charge in [-0.2, -0.15) is 0 Å². The first-order valence-electron chi connectivity index (χ1n) is 10.1. The summed E-state index contributed by atoms with van der Waals surface area (Å²) in [7, 11) is 1.59. The normalized spacial score (nSPS) is 11.3. The second kappa shape index (κ2) is 10.3. The fraction of sp³-hybridized carbons (Fsp3) is 0.200. The Bertz CT molecular complexity index is 1020. The number of para-hydroxylation sites is 1. The fourth-order valence-electron chi connectivity index (χ4n) is 3.09. The third-order valence-corrected chi connectivity index (χ3v) is 4.75. The standard InChI is InChI=1S/C25H26N2O4/c1-4-27(21-11-6-5-7-12-21)25(29)19-9-8-10-20(17-19)26-24(28)18(2)31-23-15-13-22(30-3)14-16-23/h5-18H,4H2,1-3H3,(H,26,28). The van der Waals surface area contributed by atoms with Gasteiger partial charge in [-0.15, -0.1) is 0 Å². The third-order valence-electron chi connectivity index (χ3n) is 4.75. The molecule has 0 saturated carbocycles. The molecule has 1 atom stereocenters. The van der Waals surface area contributed by atoms with Crippen molar-refractivity contribution in [3.63, 3.8) is 0 Å². The van der Waals surface area contributed by atoms with Crippen LogP contribution in [0.3, 0.4) is 0 Å². The quantitative estimate of drug-likeness (QED) is 0.572. The Morgan fingerprint density at radius 2 is 1.61 bits per heavy atom. The zero-order valence-corrected chi connectivity index (χ0v) is 17.9. The minimum atomic E-state index is -0.718. The van der Waals surface area contributed by atoms with Gasteiger partial charge in [0.25, 0.3) is 11.8 Å². The molecule has 0 bridgehead atoms. The van der Waals surface area contributed by atoms with E-state index in [4.69, 9.17) is 9.47 Å². The lowest BCUT2D eigenvalue weighted by Gasteiger charge is -2.21. The molecule has 6 nitrogen and oxygen atoms in total. The maximum Gasteiger partial charge on any atom is 0.265 e. The van der Waals surface area contributed by atoms with Crippen LogP contribution in [-0.2, 0) is 4.79 Å². The summed E-state index contributed by atoms with van der Waals surface area (Å²) in [5.74, 6) is 0.833. The number of amides is 2. The summed E-state index contributed by atoms with van der Waals surface area (Å²) in [4.78, 5) is 27.3. The van der Waals surface area contributed by atoms with Crippen LogP contribution in [0.2, 0.25) is 0 Å². The molecule has 0 aliphatic carbocycles. The maximum atomic E-state index is 13.0. The van der Waals surface area contributed by atoms with Gasteiger partial charge in [0, 0.05) is 23.5 Å². The summed E-state index contributed by atoms with van der Waals surface area (Å²) >= 11 is 0. The highest BCUT2D eigenvalue weighted by Gasteiger charge is 2.18. The van der Waals surface area contributed by atoms with Crippen LogP contribution in [0.4, 0.5) is 11.4 Å². The molecule has 0 saturated heterocycles. The lowest BCUT2D eigenvalue weighted by molar-refractivity contribution is -0.122. The van der Waals surface area contributed by atoms with Crippen molar-refractivity contribution in [2.24, 2.45) is 0 Å². The van der Waals surface area contributed by atoms with Crippen molar-refractivity contribution in [1.29, 1.82) is 0 Å². The van der Waals surface area contributed by atoms with E-state index in [0.717, 1.165) is 5.69 Å². The van der Waals surface area contributed by atoms with Crippen LogP contribution in [0.25, 0.3) is 0 Å². The molecule has 31 heavy (non-hydrogen) atoms. The topological polar surface area (TPSA) is 67.9 Å². The summed E-state index contributed by atoms with van der Waals surface area (Å²) in [6.45, 7) is 4.13. The number of nitrogens with zero attached hydrogens (tertiary/aromatic N) is 1. The van der Waals surface area contributed by atoms with E-state index in [0.29, 0.717) is 29.3 Å². The van der Waals surface area contributed by atoms with Gasteiger partial charge in [-0.25, -0.2) is 0 Å². The zero-order chi connectivity index (χ0) is 22.2. The lowest BCUT2D eigenvalue weighted by Crippen LogP contribution is -2.31. The summed E-state index contributed by atoms with van der Waals surface area (Å²) in [5.41, 5.74) is 1.85. The molecular formula is C25H26N2O4. The van der Waals surface area contributed by atoms with Crippen LogP contribution in [-0.4, -0.2) is 31.6 Å². The molecule has 0 aliphatic heterocycles. The Morgan fingerprint density at radius 1 is 0.935 bits per heavy atom. The largest absolute Gasteiger partial charge is 0.497 e. The molecule has 0 aliphatic rings. The van der Waals surface area contributed by atoms with Crippen LogP contribution in [0.5, 0.6) is 11.5 Å². The van der Waals surface area contributed by atoms with Crippen molar-refractivity contribution in [2.75, 3.05) is 23.9 Å². The smallest absolute Gasteiger partial charge is 0.265 e. The molecule has 160 valence electrons. The van der Waals surface area contributed by atoms with E-state index in [1.54, 1.807) is 67.5 Å². The van der Waals surface area contributed by atoms with E-state index in [2.05, 4.69) is 5.32 Å². The highest BCUT2D eigenvalue weighted by molar-refractivity contribution is 6.07. The van der Waals surface area contributed by atoms with Gasteiger partial charge in [-0.1, -0.05) is 24.3 Å². The molecule has 1 unspecified atom stereocenters. The molecule has 1 N–H and O–H groups in total. The Labute approximate surface area is 182 Å². The number of rotatable bonds is 8. The molecule has 3 aromatic carbocycles. The molecule has 0 heterocycles. The Kier molecular flexibility index (Phi) is 7.27. The highest BCUT2D eigenvalue weighted by Crippen LogP contribution is 2.20. The minimum absolute atomic E-state index is 0.132. The van der Waals surface area contributed by atoms with Gasteiger partial charge in [-0.3, -0.25) is 9.59 Å². The van der Waals surface area contributed by atoms with Gasteiger partial charge in [0.2, 0.25) is 0 Å². The van der Waals surface area contributed by atoms with Crippen LogP contribution in [0, 0.1) is 0 Å². The summed E-state index contributed by atoms with van der Waals surface area (Å²) in [6.07, 6.45) is -0.718. The number of ether oxygens (including phenoxy) is 2. The molecule has 3 rings (SSSR count). The van der Waals surface area contributed by atoms with Crippen LogP contribution >= 0.6 is 0 Å². The average molecular weight is 418 g/mol. The fourth-order valence-corrected chi connectivity index (χ4v) is 3.09. The molecule has 0 fully saturated rings. The number of hydrogen-bond donors (Lipinski definition) is 1. The van der Waals surface area contributed by atoms with E-state index in [-0.39, 0.29) is 11.8 Å². The molecule has 0 spiro atoms. The predicted octanol–water partition coefficient (Wildman–Crippen LogP) is 4.77. The van der Waals surface area contributed by atoms with Crippen molar-refractivity contribution in [3.8, 4) is 11.5 Å². The van der Waals surface area contributed by atoms with E-state index < -0.39 is 6.10 Å². The minimum Gasteiger partial charge on any atom is -0.497 e. The zero-order valence-electron chi connectivity index (χ0n) is 17.9. The van der Waals surface area contributed by atoms with Crippen molar-refractivity contribution >= 4 is 23.2 Å². The van der Waals surface area contributed by atoms with Crippen LogP contribution in [0.15, 0.2) is 78.9 Å². The number of benzene rings is 3. The van der Waals surface area contributed by atoms with Gasteiger partial charge in [0.1, 0.15) is 11.5 Å². The molecule has 2 amide bonds.